The number of aryl methyl sites for hydroxylation is 3. The predicted molar refractivity (Wildman–Crippen MR) is 156 cm³/mol. The van der Waals surface area contributed by atoms with Crippen molar-refractivity contribution in [3.8, 4) is 0 Å². The second-order valence-corrected chi connectivity index (χ2v) is 12.2. The van der Waals surface area contributed by atoms with Gasteiger partial charge in [0.05, 0.1) is 28.3 Å². The zero-order valence-corrected chi connectivity index (χ0v) is 24.6. The van der Waals surface area contributed by atoms with Crippen LogP contribution in [0.1, 0.15) is 51.6 Å². The van der Waals surface area contributed by atoms with E-state index in [9.17, 15) is 22.0 Å². The van der Waals surface area contributed by atoms with Gasteiger partial charge in [0.1, 0.15) is 11.6 Å². The molecule has 1 aliphatic rings. The molecule has 0 unspecified atom stereocenters. The Morgan fingerprint density at radius 2 is 1.62 bits per heavy atom. The fraction of sp³-hybridized carbons (Fsp3) is 0.300. The lowest BCUT2D eigenvalue weighted by Gasteiger charge is -2.32. The van der Waals surface area contributed by atoms with Crippen LogP contribution in [0.25, 0.3) is 0 Å². The fourth-order valence-corrected chi connectivity index (χ4v) is 6.33. The molecule has 0 saturated carbocycles. The highest BCUT2D eigenvalue weighted by atomic mass is 32.2. The number of nitrogens with one attached hydrogen (secondary N) is 2. The van der Waals surface area contributed by atoms with Gasteiger partial charge in [-0.25, -0.2) is 13.8 Å². The number of amides is 1. The molecule has 0 bridgehead atoms. The van der Waals surface area contributed by atoms with E-state index >= 15 is 0 Å². The molecule has 0 spiro atoms. The van der Waals surface area contributed by atoms with Crippen LogP contribution in [0.15, 0.2) is 59.8 Å². The summed E-state index contributed by atoms with van der Waals surface area (Å²) in [6, 6.07) is 11.9. The molecule has 0 radical (unpaired) electrons. The third kappa shape index (κ3) is 5.98. The van der Waals surface area contributed by atoms with Crippen LogP contribution in [0.3, 0.4) is 0 Å². The standard InChI is InChI=1S/C30H32F2N6O3S/c1-18-15-24(32)9-10-26(18)34-27-16-28(42(40,41)36-29-19(2)35-37(4)20(29)3)33-17-25(27)30(39)38-13-11-22(12-14-38)21-5-7-23(31)8-6-21/h5-10,15-17,22,36H,11-14H2,1-4H3,(H,33,34). The summed E-state index contributed by atoms with van der Waals surface area (Å²) in [6.07, 6.45) is 2.66. The molecule has 2 aromatic carbocycles. The number of benzene rings is 2. The Kier molecular flexibility index (Phi) is 8.00. The summed E-state index contributed by atoms with van der Waals surface area (Å²) in [4.78, 5) is 19.6. The summed E-state index contributed by atoms with van der Waals surface area (Å²) in [5, 5.41) is 7.10. The maximum atomic E-state index is 13.8. The van der Waals surface area contributed by atoms with Crippen molar-refractivity contribution < 1.29 is 22.0 Å². The SMILES string of the molecule is Cc1cc(F)ccc1Nc1cc(S(=O)(=O)Nc2c(C)nn(C)c2C)ncc1C(=O)N1CCC(c2ccc(F)cc2)CC1. The molecule has 2 aromatic heterocycles. The van der Waals surface area contributed by atoms with Crippen molar-refractivity contribution in [3.63, 3.8) is 0 Å². The number of nitrogens with zero attached hydrogens (tertiary/aromatic N) is 4. The first-order valence-corrected chi connectivity index (χ1v) is 15.0. The highest BCUT2D eigenvalue weighted by Crippen LogP contribution is 2.32. The molecule has 220 valence electrons. The van der Waals surface area contributed by atoms with Gasteiger partial charge in [-0.15, -0.1) is 0 Å². The van der Waals surface area contributed by atoms with E-state index in [0.717, 1.165) is 5.56 Å². The molecule has 0 atom stereocenters. The molecule has 3 heterocycles. The van der Waals surface area contributed by atoms with Crippen molar-refractivity contribution in [2.24, 2.45) is 7.05 Å². The maximum Gasteiger partial charge on any atom is 0.279 e. The Morgan fingerprint density at radius 3 is 2.24 bits per heavy atom. The van der Waals surface area contributed by atoms with Gasteiger partial charge in [-0.05, 0) is 81.0 Å². The van der Waals surface area contributed by atoms with Crippen molar-refractivity contribution in [1.82, 2.24) is 19.7 Å². The number of halogens is 2. The molecule has 42 heavy (non-hydrogen) atoms. The van der Waals surface area contributed by atoms with E-state index in [1.807, 2.05) is 0 Å². The molecule has 1 aliphatic heterocycles. The van der Waals surface area contributed by atoms with E-state index in [1.54, 1.807) is 49.5 Å². The lowest BCUT2D eigenvalue weighted by Crippen LogP contribution is -2.38. The molecule has 2 N–H and O–H groups in total. The third-order valence-corrected chi connectivity index (χ3v) is 8.96. The van der Waals surface area contributed by atoms with Crippen LogP contribution < -0.4 is 10.0 Å². The van der Waals surface area contributed by atoms with Gasteiger partial charge in [0, 0.05) is 38.1 Å². The Bertz CT molecular complexity index is 1750. The van der Waals surface area contributed by atoms with Crippen LogP contribution in [0.4, 0.5) is 25.8 Å². The van der Waals surface area contributed by atoms with Gasteiger partial charge < -0.3 is 10.2 Å². The van der Waals surface area contributed by atoms with Crippen LogP contribution in [0, 0.1) is 32.4 Å². The van der Waals surface area contributed by atoms with Crippen LogP contribution in [0.2, 0.25) is 0 Å². The minimum atomic E-state index is -4.15. The monoisotopic (exact) mass is 594 g/mol. The largest absolute Gasteiger partial charge is 0.355 e. The molecular weight excluding hydrogens is 562 g/mol. The number of anilines is 3. The number of sulfonamides is 1. The van der Waals surface area contributed by atoms with E-state index in [-0.39, 0.29) is 33.9 Å². The minimum absolute atomic E-state index is 0.187. The molecule has 1 amide bonds. The second-order valence-electron chi connectivity index (χ2n) is 10.5. The molecule has 1 fully saturated rings. The lowest BCUT2D eigenvalue weighted by molar-refractivity contribution is 0.0713. The zero-order chi connectivity index (χ0) is 30.2. The Morgan fingerprint density at radius 1 is 0.952 bits per heavy atom. The van der Waals surface area contributed by atoms with Crippen molar-refractivity contribution >= 4 is 33.0 Å². The van der Waals surface area contributed by atoms with Crippen LogP contribution in [0.5, 0.6) is 0 Å². The number of carbonyl (C=O) groups excluding carboxylic acids is 1. The third-order valence-electron chi connectivity index (χ3n) is 7.71. The van der Waals surface area contributed by atoms with E-state index < -0.39 is 15.8 Å². The number of likely N-dealkylation sites (tertiary alicyclic amines) is 1. The zero-order valence-electron chi connectivity index (χ0n) is 23.8. The van der Waals surface area contributed by atoms with Crippen LogP contribution in [-0.4, -0.2) is 47.1 Å². The van der Waals surface area contributed by atoms with E-state index in [2.05, 4.69) is 20.1 Å². The number of aromatic nitrogens is 3. The summed E-state index contributed by atoms with van der Waals surface area (Å²) >= 11 is 0. The Hall–Kier alpha value is -4.32. The van der Waals surface area contributed by atoms with Crippen LogP contribution >= 0.6 is 0 Å². The van der Waals surface area contributed by atoms with Gasteiger partial charge >= 0.3 is 0 Å². The van der Waals surface area contributed by atoms with Gasteiger partial charge in [-0.3, -0.25) is 14.2 Å². The van der Waals surface area contributed by atoms with Crippen molar-refractivity contribution in [2.75, 3.05) is 23.1 Å². The van der Waals surface area contributed by atoms with E-state index in [0.29, 0.717) is 54.3 Å². The van der Waals surface area contributed by atoms with E-state index in [4.69, 9.17) is 0 Å². The first kappa shape index (κ1) is 29.2. The first-order valence-electron chi connectivity index (χ1n) is 13.5. The second kappa shape index (κ2) is 11.5. The number of piperidine rings is 1. The average molecular weight is 595 g/mol. The predicted octanol–water partition coefficient (Wildman–Crippen LogP) is 5.58. The molecule has 12 heteroatoms. The lowest BCUT2D eigenvalue weighted by atomic mass is 9.89. The minimum Gasteiger partial charge on any atom is -0.355 e. The number of hydrogen-bond acceptors (Lipinski definition) is 6. The Balaban J connectivity index is 1.45. The molecular formula is C30H32F2N6O3S. The summed E-state index contributed by atoms with van der Waals surface area (Å²) in [6.45, 7) is 6.09. The quantitative estimate of drug-likeness (QED) is 0.289. The van der Waals surface area contributed by atoms with Gasteiger partial charge in [0.15, 0.2) is 5.03 Å². The fourth-order valence-electron chi connectivity index (χ4n) is 5.20. The average Bonchev–Trinajstić information content (AvgIpc) is 3.20. The maximum absolute atomic E-state index is 13.8. The van der Waals surface area contributed by atoms with Gasteiger partial charge in [-0.2, -0.15) is 13.5 Å². The van der Waals surface area contributed by atoms with Crippen molar-refractivity contribution in [3.05, 3.63) is 94.4 Å². The molecule has 5 rings (SSSR count). The number of carbonyl (C=O) groups is 1. The van der Waals surface area contributed by atoms with Crippen molar-refractivity contribution in [2.45, 2.75) is 44.6 Å². The van der Waals surface area contributed by atoms with Gasteiger partial charge in [-0.1, -0.05) is 12.1 Å². The first-order chi connectivity index (χ1) is 19.9. The normalized spacial score (nSPS) is 14.2. The topological polar surface area (TPSA) is 109 Å². The summed E-state index contributed by atoms with van der Waals surface area (Å²) in [7, 11) is -2.43. The smallest absolute Gasteiger partial charge is 0.279 e. The summed E-state index contributed by atoms with van der Waals surface area (Å²) in [5.74, 6) is -0.812. The number of hydrogen-bond donors (Lipinski definition) is 2. The van der Waals surface area contributed by atoms with E-state index in [1.165, 1.54) is 42.6 Å². The van der Waals surface area contributed by atoms with Crippen molar-refractivity contribution in [1.29, 1.82) is 0 Å². The molecule has 0 aliphatic carbocycles. The summed E-state index contributed by atoms with van der Waals surface area (Å²) in [5.41, 5.74) is 4.03. The Labute approximate surface area is 243 Å². The van der Waals surface area contributed by atoms with Crippen LogP contribution in [-0.2, 0) is 17.1 Å². The van der Waals surface area contributed by atoms with Gasteiger partial charge in [0.2, 0.25) is 0 Å². The van der Waals surface area contributed by atoms with Gasteiger partial charge in [0.25, 0.3) is 15.9 Å². The number of rotatable bonds is 7. The number of pyridine rings is 1. The molecule has 9 nitrogen and oxygen atoms in total. The molecule has 1 saturated heterocycles. The highest BCUT2D eigenvalue weighted by Gasteiger charge is 2.28. The summed E-state index contributed by atoms with van der Waals surface area (Å²) < 4.78 is 58.1. The highest BCUT2D eigenvalue weighted by molar-refractivity contribution is 7.92. The molecule has 4 aromatic rings.